The third-order valence-electron chi connectivity index (χ3n) is 3.83. The molecule has 25 heavy (non-hydrogen) atoms. The molecule has 2 aromatic carbocycles. The lowest BCUT2D eigenvalue weighted by Crippen LogP contribution is -2.40. The Labute approximate surface area is 153 Å². The van der Waals surface area contributed by atoms with Gasteiger partial charge in [0, 0.05) is 19.1 Å². The van der Waals surface area contributed by atoms with Crippen molar-refractivity contribution in [3.05, 3.63) is 58.6 Å². The van der Waals surface area contributed by atoms with Gasteiger partial charge in [0.05, 0.1) is 10.6 Å². The van der Waals surface area contributed by atoms with Crippen LogP contribution >= 0.6 is 11.6 Å². The van der Waals surface area contributed by atoms with E-state index in [-0.39, 0.29) is 17.3 Å². The summed E-state index contributed by atoms with van der Waals surface area (Å²) in [5.74, 6) is -0.326. The van der Waals surface area contributed by atoms with Gasteiger partial charge >= 0.3 is 0 Å². The second-order valence-electron chi connectivity index (χ2n) is 6.05. The smallest absolute Gasteiger partial charge is 0.264 e. The second-order valence-corrected chi connectivity index (χ2v) is 8.32. The molecule has 0 aliphatic carbocycles. The molecule has 0 saturated heterocycles. The zero-order valence-corrected chi connectivity index (χ0v) is 16.2. The molecule has 7 heteroatoms. The Morgan fingerprint density at radius 3 is 2.16 bits per heavy atom. The quantitative estimate of drug-likeness (QED) is 0.800. The number of halogens is 1. The number of rotatable bonds is 5. The lowest BCUT2D eigenvalue weighted by Gasteiger charge is -2.26. The number of benzene rings is 2. The predicted octanol–water partition coefficient (Wildman–Crippen LogP) is 3.24. The Bertz CT molecular complexity index is 878. The minimum Gasteiger partial charge on any atom is -0.347 e. The van der Waals surface area contributed by atoms with Crippen molar-refractivity contribution in [3.8, 4) is 0 Å². The van der Waals surface area contributed by atoms with Gasteiger partial charge in [0.25, 0.3) is 10.0 Å². The summed E-state index contributed by atoms with van der Waals surface area (Å²) in [6.07, 6.45) is 0. The van der Waals surface area contributed by atoms with Crippen LogP contribution in [0.25, 0.3) is 0 Å². The summed E-state index contributed by atoms with van der Waals surface area (Å²) in [4.78, 5) is 13.7. The fraction of sp³-hybridized carbons (Fsp3) is 0.278. The topological polar surface area (TPSA) is 57.7 Å². The SMILES string of the molecule is Cc1ccc(S(=O)(=O)N(CC(=O)N(C)C)c2ccc(C)c(Cl)c2)cc1. The minimum atomic E-state index is -3.90. The molecule has 0 spiro atoms. The summed E-state index contributed by atoms with van der Waals surface area (Å²) in [5, 5.41) is 0.443. The Morgan fingerprint density at radius 1 is 1.04 bits per heavy atom. The van der Waals surface area contributed by atoms with Crippen LogP contribution in [0.4, 0.5) is 5.69 Å². The normalized spacial score (nSPS) is 11.2. The minimum absolute atomic E-state index is 0.126. The highest BCUT2D eigenvalue weighted by Gasteiger charge is 2.28. The molecular weight excluding hydrogens is 360 g/mol. The molecule has 0 aliphatic rings. The second kappa shape index (κ2) is 7.45. The first kappa shape index (κ1) is 19.3. The highest BCUT2D eigenvalue weighted by Crippen LogP contribution is 2.28. The summed E-state index contributed by atoms with van der Waals surface area (Å²) in [5.41, 5.74) is 2.14. The first-order valence-corrected chi connectivity index (χ1v) is 9.50. The molecule has 2 rings (SSSR count). The number of nitrogens with zero attached hydrogens (tertiary/aromatic N) is 2. The summed E-state index contributed by atoms with van der Waals surface area (Å²) in [6, 6.07) is 11.5. The van der Waals surface area contributed by atoms with Crippen LogP contribution in [0.2, 0.25) is 5.02 Å². The van der Waals surface area contributed by atoms with Gasteiger partial charge in [-0.15, -0.1) is 0 Å². The fourth-order valence-electron chi connectivity index (χ4n) is 2.15. The number of likely N-dealkylation sites (N-methyl/N-ethyl adjacent to an activating group) is 1. The van der Waals surface area contributed by atoms with Crippen LogP contribution in [0.1, 0.15) is 11.1 Å². The number of sulfonamides is 1. The van der Waals surface area contributed by atoms with Crippen molar-refractivity contribution in [2.75, 3.05) is 24.9 Å². The van der Waals surface area contributed by atoms with Gasteiger partial charge in [-0.3, -0.25) is 9.10 Å². The average Bonchev–Trinajstić information content (AvgIpc) is 2.55. The van der Waals surface area contributed by atoms with E-state index >= 15 is 0 Å². The number of hydrogen-bond acceptors (Lipinski definition) is 3. The van der Waals surface area contributed by atoms with Crippen molar-refractivity contribution in [1.82, 2.24) is 4.90 Å². The molecule has 0 fully saturated rings. The fourth-order valence-corrected chi connectivity index (χ4v) is 3.73. The van der Waals surface area contributed by atoms with Crippen molar-refractivity contribution >= 4 is 33.2 Å². The molecular formula is C18H21ClN2O3S. The lowest BCUT2D eigenvalue weighted by atomic mass is 10.2. The van der Waals surface area contributed by atoms with Crippen molar-refractivity contribution in [3.63, 3.8) is 0 Å². The number of anilines is 1. The molecule has 134 valence electrons. The van der Waals surface area contributed by atoms with Gasteiger partial charge < -0.3 is 4.90 Å². The first-order valence-electron chi connectivity index (χ1n) is 7.68. The zero-order valence-electron chi connectivity index (χ0n) is 14.7. The average molecular weight is 381 g/mol. The first-order chi connectivity index (χ1) is 11.6. The van der Waals surface area contributed by atoms with E-state index in [1.54, 1.807) is 44.4 Å². The Morgan fingerprint density at radius 2 is 1.64 bits per heavy atom. The van der Waals surface area contributed by atoms with Crippen LogP contribution in [-0.2, 0) is 14.8 Å². The van der Waals surface area contributed by atoms with E-state index in [9.17, 15) is 13.2 Å². The Kier molecular flexibility index (Phi) is 5.75. The van der Waals surface area contributed by atoms with Crippen LogP contribution < -0.4 is 4.31 Å². The predicted molar refractivity (Wildman–Crippen MR) is 101 cm³/mol. The Hall–Kier alpha value is -2.05. The standard InChI is InChI=1S/C18H21ClN2O3S/c1-13-5-9-16(10-6-13)25(23,24)21(12-18(22)20(3)4)15-8-7-14(2)17(19)11-15/h5-11H,12H2,1-4H3. The van der Waals surface area contributed by atoms with Gasteiger partial charge in [0.1, 0.15) is 6.54 Å². The van der Waals surface area contributed by atoms with Crippen LogP contribution in [0.3, 0.4) is 0 Å². The van der Waals surface area contributed by atoms with Crippen molar-refractivity contribution < 1.29 is 13.2 Å². The van der Waals surface area contributed by atoms with Crippen LogP contribution in [0, 0.1) is 13.8 Å². The molecule has 0 aliphatic heterocycles. The maximum atomic E-state index is 13.1. The lowest BCUT2D eigenvalue weighted by molar-refractivity contribution is -0.127. The van der Waals surface area contributed by atoms with Crippen LogP contribution in [0.5, 0.6) is 0 Å². The molecule has 5 nitrogen and oxygen atoms in total. The van der Waals surface area contributed by atoms with Gasteiger partial charge in [-0.1, -0.05) is 35.4 Å². The van der Waals surface area contributed by atoms with E-state index in [2.05, 4.69) is 0 Å². The van der Waals surface area contributed by atoms with Crippen molar-refractivity contribution in [2.24, 2.45) is 0 Å². The van der Waals surface area contributed by atoms with Gasteiger partial charge in [-0.2, -0.15) is 0 Å². The summed E-state index contributed by atoms with van der Waals surface area (Å²) in [6.45, 7) is 3.40. The number of aryl methyl sites for hydroxylation is 2. The van der Waals surface area contributed by atoms with Gasteiger partial charge in [-0.05, 0) is 43.7 Å². The number of carbonyl (C=O) groups excluding carboxylic acids is 1. The third-order valence-corrected chi connectivity index (χ3v) is 6.03. The van der Waals surface area contributed by atoms with E-state index < -0.39 is 10.0 Å². The number of hydrogen-bond donors (Lipinski definition) is 0. The third kappa shape index (κ3) is 4.32. The Balaban J connectivity index is 2.55. The molecule has 0 unspecified atom stereocenters. The molecule has 0 aromatic heterocycles. The molecule has 0 saturated carbocycles. The highest BCUT2D eigenvalue weighted by atomic mass is 35.5. The van der Waals surface area contributed by atoms with Crippen LogP contribution in [-0.4, -0.2) is 39.9 Å². The van der Waals surface area contributed by atoms with Gasteiger partial charge in [-0.25, -0.2) is 8.42 Å². The molecule has 2 aromatic rings. The number of carbonyl (C=O) groups is 1. The van der Waals surface area contributed by atoms with E-state index in [1.165, 1.54) is 17.0 Å². The summed E-state index contributed by atoms with van der Waals surface area (Å²) < 4.78 is 27.3. The molecule has 0 heterocycles. The van der Waals surface area contributed by atoms with Crippen molar-refractivity contribution in [2.45, 2.75) is 18.7 Å². The summed E-state index contributed by atoms with van der Waals surface area (Å²) in [7, 11) is -0.733. The van der Waals surface area contributed by atoms with E-state index in [1.807, 2.05) is 13.8 Å². The maximum Gasteiger partial charge on any atom is 0.264 e. The van der Waals surface area contributed by atoms with E-state index in [0.29, 0.717) is 10.7 Å². The van der Waals surface area contributed by atoms with E-state index in [0.717, 1.165) is 15.4 Å². The van der Waals surface area contributed by atoms with Gasteiger partial charge in [0.15, 0.2) is 0 Å². The highest BCUT2D eigenvalue weighted by molar-refractivity contribution is 7.92. The monoisotopic (exact) mass is 380 g/mol. The molecule has 1 amide bonds. The van der Waals surface area contributed by atoms with E-state index in [4.69, 9.17) is 11.6 Å². The molecule has 0 atom stereocenters. The van der Waals surface area contributed by atoms with Crippen LogP contribution in [0.15, 0.2) is 47.4 Å². The number of amides is 1. The largest absolute Gasteiger partial charge is 0.347 e. The molecule has 0 radical (unpaired) electrons. The van der Waals surface area contributed by atoms with Crippen molar-refractivity contribution in [1.29, 1.82) is 0 Å². The zero-order chi connectivity index (χ0) is 18.8. The summed E-state index contributed by atoms with van der Waals surface area (Å²) >= 11 is 6.16. The maximum absolute atomic E-state index is 13.1. The molecule has 0 bridgehead atoms. The molecule has 0 N–H and O–H groups in total. The van der Waals surface area contributed by atoms with Gasteiger partial charge in [0.2, 0.25) is 5.91 Å².